The normalized spacial score (nSPS) is 16.2. The Labute approximate surface area is 185 Å². The summed E-state index contributed by atoms with van der Waals surface area (Å²) in [6.07, 6.45) is 1.96. The molecule has 0 bridgehead atoms. The highest BCUT2D eigenvalue weighted by Crippen LogP contribution is 2.25. The van der Waals surface area contributed by atoms with Crippen LogP contribution in [0.4, 0.5) is 19.3 Å². The van der Waals surface area contributed by atoms with E-state index in [1.54, 1.807) is 12.1 Å². The number of urea groups is 1. The molecule has 4 rings (SSSR count). The van der Waals surface area contributed by atoms with E-state index in [9.17, 15) is 18.4 Å². The zero-order chi connectivity index (χ0) is 22.7. The van der Waals surface area contributed by atoms with Crippen LogP contribution in [0.25, 0.3) is 10.9 Å². The van der Waals surface area contributed by atoms with E-state index in [0.717, 1.165) is 35.0 Å². The number of carbonyl (C=O) groups excluding carboxylic acids is 2. The molecule has 0 aliphatic carbocycles. The number of aromatic nitrogens is 1. The maximum Gasteiger partial charge on any atom is 0.319 e. The van der Waals surface area contributed by atoms with Crippen LogP contribution in [0, 0.1) is 24.5 Å². The number of benzene rings is 2. The van der Waals surface area contributed by atoms with Crippen LogP contribution in [-0.4, -0.2) is 41.5 Å². The Hall–Kier alpha value is -3.42. The second-order valence-electron chi connectivity index (χ2n) is 8.29. The first-order valence-corrected chi connectivity index (χ1v) is 10.7. The molecule has 8 heteroatoms. The molecule has 1 unspecified atom stereocenters. The molecule has 6 nitrogen and oxygen atoms in total. The molecular weight excluding hydrogens is 414 g/mol. The number of piperidine rings is 1. The number of aromatic amines is 1. The number of likely N-dealkylation sites (tertiary alicyclic amines) is 1. The number of rotatable bonds is 5. The SMILES string of the molecule is Cc1[nH]c2ccc(F)cc2c1CC(=O)N1CCCC(CNC(=O)Nc2cccc(F)c2)C1. The van der Waals surface area contributed by atoms with Crippen molar-refractivity contribution < 1.29 is 18.4 Å². The van der Waals surface area contributed by atoms with Crippen LogP contribution >= 0.6 is 0 Å². The predicted octanol–water partition coefficient (Wildman–Crippen LogP) is 4.36. The molecule has 168 valence electrons. The van der Waals surface area contributed by atoms with Gasteiger partial charge in [-0.3, -0.25) is 4.79 Å². The second-order valence-corrected chi connectivity index (χ2v) is 8.29. The molecule has 1 aliphatic rings. The number of carbonyl (C=O) groups is 2. The van der Waals surface area contributed by atoms with Crippen LogP contribution in [0.15, 0.2) is 42.5 Å². The number of nitrogens with zero attached hydrogens (tertiary/aromatic N) is 1. The summed E-state index contributed by atoms with van der Waals surface area (Å²) >= 11 is 0. The molecule has 1 saturated heterocycles. The maximum absolute atomic E-state index is 13.7. The van der Waals surface area contributed by atoms with Crippen molar-refractivity contribution in [1.29, 1.82) is 0 Å². The van der Waals surface area contributed by atoms with Crippen molar-refractivity contribution in [3.05, 3.63) is 65.4 Å². The number of anilines is 1. The number of aryl methyl sites for hydroxylation is 1. The molecule has 1 fully saturated rings. The lowest BCUT2D eigenvalue weighted by molar-refractivity contribution is -0.132. The number of fused-ring (bicyclic) bond motifs is 1. The van der Waals surface area contributed by atoms with Crippen LogP contribution in [0.2, 0.25) is 0 Å². The number of hydrogen-bond acceptors (Lipinski definition) is 2. The summed E-state index contributed by atoms with van der Waals surface area (Å²) < 4.78 is 27.0. The van der Waals surface area contributed by atoms with Crippen molar-refractivity contribution in [2.75, 3.05) is 25.0 Å². The van der Waals surface area contributed by atoms with E-state index < -0.39 is 11.8 Å². The van der Waals surface area contributed by atoms with Gasteiger partial charge >= 0.3 is 6.03 Å². The van der Waals surface area contributed by atoms with E-state index in [1.807, 2.05) is 11.8 Å². The Morgan fingerprint density at radius 2 is 1.97 bits per heavy atom. The predicted molar refractivity (Wildman–Crippen MR) is 119 cm³/mol. The summed E-state index contributed by atoms with van der Waals surface area (Å²) in [5.41, 5.74) is 2.88. The summed E-state index contributed by atoms with van der Waals surface area (Å²) in [5.74, 6) is -0.622. The van der Waals surface area contributed by atoms with Gasteiger partial charge in [0.1, 0.15) is 11.6 Å². The Kier molecular flexibility index (Phi) is 6.39. The van der Waals surface area contributed by atoms with Crippen LogP contribution in [-0.2, 0) is 11.2 Å². The van der Waals surface area contributed by atoms with Crippen molar-refractivity contribution in [3.8, 4) is 0 Å². The van der Waals surface area contributed by atoms with Crippen LogP contribution in [0.1, 0.15) is 24.1 Å². The van der Waals surface area contributed by atoms with Gasteiger partial charge < -0.3 is 20.5 Å². The van der Waals surface area contributed by atoms with E-state index in [2.05, 4.69) is 15.6 Å². The fourth-order valence-corrected chi connectivity index (χ4v) is 4.28. The number of hydrogen-bond donors (Lipinski definition) is 3. The Morgan fingerprint density at radius 3 is 2.78 bits per heavy atom. The molecular formula is C24H26F2N4O2. The standard InChI is InChI=1S/C24H26F2N4O2/c1-15-20(21-11-18(26)7-8-22(21)28-15)12-23(31)30-9-3-4-16(14-30)13-27-24(32)29-19-6-2-5-17(25)10-19/h2,5-8,10-11,16,28H,3-4,9,12-14H2,1H3,(H2,27,29,32). The first kappa shape index (κ1) is 21.8. The molecule has 3 aromatic rings. The lowest BCUT2D eigenvalue weighted by Crippen LogP contribution is -2.44. The summed E-state index contributed by atoms with van der Waals surface area (Å²) in [5, 5.41) is 6.15. The number of amides is 3. The third kappa shape index (κ3) is 5.07. The number of halogens is 2. The van der Waals surface area contributed by atoms with Gasteiger partial charge in [0.2, 0.25) is 5.91 Å². The number of H-pyrrole nitrogens is 1. The topological polar surface area (TPSA) is 77.2 Å². The lowest BCUT2D eigenvalue weighted by Gasteiger charge is -2.33. The van der Waals surface area contributed by atoms with Gasteiger partial charge in [-0.05, 0) is 67.6 Å². The average molecular weight is 440 g/mol. The van der Waals surface area contributed by atoms with Gasteiger partial charge in [0.15, 0.2) is 0 Å². The molecule has 2 heterocycles. The molecule has 0 saturated carbocycles. The van der Waals surface area contributed by atoms with Crippen molar-refractivity contribution >= 4 is 28.5 Å². The Morgan fingerprint density at radius 1 is 1.16 bits per heavy atom. The van der Waals surface area contributed by atoms with Gasteiger partial charge in [0.25, 0.3) is 0 Å². The van der Waals surface area contributed by atoms with Crippen molar-refractivity contribution in [2.45, 2.75) is 26.2 Å². The fraction of sp³-hybridized carbons (Fsp3) is 0.333. The quantitative estimate of drug-likeness (QED) is 0.551. The smallest absolute Gasteiger partial charge is 0.319 e. The molecule has 32 heavy (non-hydrogen) atoms. The molecule has 1 atom stereocenters. The van der Waals surface area contributed by atoms with E-state index in [-0.39, 0.29) is 24.1 Å². The lowest BCUT2D eigenvalue weighted by atomic mass is 9.97. The molecule has 0 spiro atoms. The third-order valence-electron chi connectivity index (χ3n) is 5.92. The monoisotopic (exact) mass is 440 g/mol. The largest absolute Gasteiger partial charge is 0.358 e. The van der Waals surface area contributed by atoms with Gasteiger partial charge in [-0.15, -0.1) is 0 Å². The summed E-state index contributed by atoms with van der Waals surface area (Å²) in [7, 11) is 0. The number of nitrogens with one attached hydrogen (secondary N) is 3. The summed E-state index contributed by atoms with van der Waals surface area (Å²) in [6, 6.07) is 9.84. The minimum atomic E-state index is -0.419. The highest BCUT2D eigenvalue weighted by atomic mass is 19.1. The summed E-state index contributed by atoms with van der Waals surface area (Å²) in [4.78, 5) is 30.1. The molecule has 1 aliphatic heterocycles. The van der Waals surface area contributed by atoms with E-state index in [0.29, 0.717) is 25.3 Å². The van der Waals surface area contributed by atoms with Crippen LogP contribution < -0.4 is 10.6 Å². The molecule has 3 N–H and O–H groups in total. The minimum absolute atomic E-state index is 0.00725. The Balaban J connectivity index is 1.33. The van der Waals surface area contributed by atoms with Gasteiger partial charge in [0.05, 0.1) is 6.42 Å². The van der Waals surface area contributed by atoms with Crippen LogP contribution in [0.5, 0.6) is 0 Å². The van der Waals surface area contributed by atoms with E-state index in [1.165, 1.54) is 30.3 Å². The fourth-order valence-electron chi connectivity index (χ4n) is 4.28. The van der Waals surface area contributed by atoms with Gasteiger partial charge in [-0.1, -0.05) is 6.07 Å². The van der Waals surface area contributed by atoms with Gasteiger partial charge in [-0.25, -0.2) is 13.6 Å². The zero-order valence-electron chi connectivity index (χ0n) is 17.9. The van der Waals surface area contributed by atoms with Gasteiger partial charge in [0, 0.05) is 41.9 Å². The molecule has 0 radical (unpaired) electrons. The van der Waals surface area contributed by atoms with Crippen molar-refractivity contribution in [3.63, 3.8) is 0 Å². The minimum Gasteiger partial charge on any atom is -0.358 e. The zero-order valence-corrected chi connectivity index (χ0v) is 17.9. The van der Waals surface area contributed by atoms with E-state index in [4.69, 9.17) is 0 Å². The highest BCUT2D eigenvalue weighted by Gasteiger charge is 2.25. The van der Waals surface area contributed by atoms with Crippen molar-refractivity contribution in [2.24, 2.45) is 5.92 Å². The highest BCUT2D eigenvalue weighted by molar-refractivity contribution is 5.90. The van der Waals surface area contributed by atoms with E-state index >= 15 is 0 Å². The maximum atomic E-state index is 13.7. The molecule has 2 aromatic carbocycles. The second kappa shape index (κ2) is 9.38. The first-order valence-electron chi connectivity index (χ1n) is 10.7. The third-order valence-corrected chi connectivity index (χ3v) is 5.92. The van der Waals surface area contributed by atoms with Gasteiger partial charge in [-0.2, -0.15) is 0 Å². The molecule has 3 amide bonds. The summed E-state index contributed by atoms with van der Waals surface area (Å²) in [6.45, 7) is 3.53. The molecule has 1 aromatic heterocycles. The van der Waals surface area contributed by atoms with Crippen LogP contribution in [0.3, 0.4) is 0 Å². The van der Waals surface area contributed by atoms with Crippen molar-refractivity contribution in [1.82, 2.24) is 15.2 Å². The first-order chi connectivity index (χ1) is 15.4. The Bertz CT molecular complexity index is 1140. The average Bonchev–Trinajstić information content (AvgIpc) is 3.07.